The lowest BCUT2D eigenvalue weighted by Gasteiger charge is -2.28. The molecule has 0 spiro atoms. The SMILES string of the molecule is Cc1ccc(S(=O)(=O)OCC(O)(COC(=O)C(C)C)c2ccc(F)cc2F)cc1. The average molecular weight is 428 g/mol. The first-order chi connectivity index (χ1) is 13.4. The van der Waals surface area contributed by atoms with Gasteiger partial charge < -0.3 is 9.84 Å². The van der Waals surface area contributed by atoms with E-state index in [1.807, 2.05) is 0 Å². The zero-order chi connectivity index (χ0) is 21.8. The number of carbonyl (C=O) groups is 1. The first kappa shape index (κ1) is 22.9. The van der Waals surface area contributed by atoms with Crippen molar-refractivity contribution in [1.29, 1.82) is 0 Å². The first-order valence-electron chi connectivity index (χ1n) is 8.75. The summed E-state index contributed by atoms with van der Waals surface area (Å²) in [6, 6.07) is 8.12. The molecule has 0 fully saturated rings. The van der Waals surface area contributed by atoms with Crippen molar-refractivity contribution in [1.82, 2.24) is 0 Å². The Morgan fingerprint density at radius 2 is 1.72 bits per heavy atom. The zero-order valence-electron chi connectivity index (χ0n) is 16.2. The Hall–Kier alpha value is -2.36. The minimum Gasteiger partial charge on any atom is -0.462 e. The maximum atomic E-state index is 14.3. The third-order valence-corrected chi connectivity index (χ3v) is 5.40. The van der Waals surface area contributed by atoms with Crippen molar-refractivity contribution in [3.63, 3.8) is 0 Å². The van der Waals surface area contributed by atoms with E-state index in [1.165, 1.54) is 12.1 Å². The molecule has 0 radical (unpaired) electrons. The number of carbonyl (C=O) groups excluding carboxylic acids is 1. The summed E-state index contributed by atoms with van der Waals surface area (Å²) in [5.74, 6) is -3.24. The van der Waals surface area contributed by atoms with Gasteiger partial charge in [0.2, 0.25) is 0 Å². The molecule has 2 rings (SSSR count). The van der Waals surface area contributed by atoms with Crippen LogP contribution in [0.3, 0.4) is 0 Å². The van der Waals surface area contributed by atoms with Crippen LogP contribution in [0.25, 0.3) is 0 Å². The van der Waals surface area contributed by atoms with Crippen LogP contribution in [0.2, 0.25) is 0 Å². The highest BCUT2D eigenvalue weighted by Crippen LogP contribution is 2.28. The quantitative estimate of drug-likeness (QED) is 0.513. The van der Waals surface area contributed by atoms with Crippen LogP contribution in [0, 0.1) is 24.5 Å². The van der Waals surface area contributed by atoms with Crippen LogP contribution in [-0.2, 0) is 29.4 Å². The van der Waals surface area contributed by atoms with Gasteiger partial charge in [-0.25, -0.2) is 8.78 Å². The zero-order valence-corrected chi connectivity index (χ0v) is 17.0. The lowest BCUT2D eigenvalue weighted by atomic mass is 9.95. The first-order valence-corrected chi connectivity index (χ1v) is 10.2. The highest BCUT2D eigenvalue weighted by molar-refractivity contribution is 7.86. The molecule has 0 bridgehead atoms. The van der Waals surface area contributed by atoms with Crippen molar-refractivity contribution in [2.24, 2.45) is 5.92 Å². The number of ether oxygens (including phenoxy) is 1. The summed E-state index contributed by atoms with van der Waals surface area (Å²) in [4.78, 5) is 11.6. The third kappa shape index (κ3) is 5.81. The molecule has 2 aromatic carbocycles. The summed E-state index contributed by atoms with van der Waals surface area (Å²) in [5, 5.41) is 10.9. The van der Waals surface area contributed by atoms with Crippen LogP contribution < -0.4 is 0 Å². The van der Waals surface area contributed by atoms with Crippen molar-refractivity contribution in [2.75, 3.05) is 13.2 Å². The fraction of sp³-hybridized carbons (Fsp3) is 0.350. The summed E-state index contributed by atoms with van der Waals surface area (Å²) in [6.07, 6.45) is 0. The summed E-state index contributed by atoms with van der Waals surface area (Å²) in [6.45, 7) is 3.15. The lowest BCUT2D eigenvalue weighted by Crippen LogP contribution is -2.40. The molecule has 0 saturated carbocycles. The predicted molar refractivity (Wildman–Crippen MR) is 100 cm³/mol. The Balaban J connectivity index is 2.31. The van der Waals surface area contributed by atoms with Crippen LogP contribution in [-0.4, -0.2) is 32.7 Å². The number of aliphatic hydroxyl groups is 1. The molecule has 0 aliphatic rings. The molecule has 0 aromatic heterocycles. The molecule has 1 N–H and O–H groups in total. The van der Waals surface area contributed by atoms with E-state index in [0.717, 1.165) is 17.7 Å². The number of aryl methyl sites for hydroxylation is 1. The molecule has 2 aromatic rings. The topological polar surface area (TPSA) is 89.9 Å². The van der Waals surface area contributed by atoms with Gasteiger partial charge >= 0.3 is 5.97 Å². The highest BCUT2D eigenvalue weighted by atomic mass is 32.2. The number of esters is 1. The fourth-order valence-corrected chi connectivity index (χ4v) is 3.32. The van der Waals surface area contributed by atoms with Crippen LogP contribution >= 0.6 is 0 Å². The Morgan fingerprint density at radius 1 is 1.10 bits per heavy atom. The molecule has 29 heavy (non-hydrogen) atoms. The Bertz CT molecular complexity index is 973. The van der Waals surface area contributed by atoms with Gasteiger partial charge in [0.1, 0.15) is 24.8 Å². The molecule has 9 heteroatoms. The van der Waals surface area contributed by atoms with Crippen LogP contribution in [0.4, 0.5) is 8.78 Å². The van der Waals surface area contributed by atoms with Crippen molar-refractivity contribution >= 4 is 16.1 Å². The lowest BCUT2D eigenvalue weighted by molar-refractivity contribution is -0.158. The van der Waals surface area contributed by atoms with Gasteiger partial charge in [-0.05, 0) is 25.1 Å². The van der Waals surface area contributed by atoms with Gasteiger partial charge in [-0.2, -0.15) is 8.42 Å². The molecular weight excluding hydrogens is 406 g/mol. The van der Waals surface area contributed by atoms with Gasteiger partial charge in [0.15, 0.2) is 5.60 Å². The van der Waals surface area contributed by atoms with Crippen LogP contribution in [0.5, 0.6) is 0 Å². The molecule has 0 amide bonds. The van der Waals surface area contributed by atoms with E-state index in [-0.39, 0.29) is 4.90 Å². The van der Waals surface area contributed by atoms with E-state index in [1.54, 1.807) is 32.9 Å². The number of hydrogen-bond donors (Lipinski definition) is 1. The second kappa shape index (κ2) is 8.98. The second-order valence-corrected chi connectivity index (χ2v) is 8.56. The van der Waals surface area contributed by atoms with E-state index < -0.39 is 58.0 Å². The summed E-state index contributed by atoms with van der Waals surface area (Å²) >= 11 is 0. The predicted octanol–water partition coefficient (Wildman–Crippen LogP) is 3.07. The maximum Gasteiger partial charge on any atom is 0.308 e. The van der Waals surface area contributed by atoms with Gasteiger partial charge in [0.25, 0.3) is 10.1 Å². The second-order valence-electron chi connectivity index (χ2n) is 6.95. The molecule has 0 aliphatic carbocycles. The monoisotopic (exact) mass is 428 g/mol. The van der Waals surface area contributed by atoms with Gasteiger partial charge in [-0.15, -0.1) is 0 Å². The molecule has 0 heterocycles. The van der Waals surface area contributed by atoms with Crippen molar-refractivity contribution in [2.45, 2.75) is 31.3 Å². The number of halogens is 2. The number of rotatable bonds is 8. The average Bonchev–Trinajstić information content (AvgIpc) is 2.64. The molecular formula is C20H22F2O6S. The minimum atomic E-state index is -4.29. The van der Waals surface area contributed by atoms with Gasteiger partial charge in [0, 0.05) is 11.6 Å². The highest BCUT2D eigenvalue weighted by Gasteiger charge is 2.37. The smallest absolute Gasteiger partial charge is 0.308 e. The normalized spacial score (nSPS) is 13.9. The third-order valence-electron chi connectivity index (χ3n) is 4.12. The van der Waals surface area contributed by atoms with E-state index >= 15 is 0 Å². The molecule has 1 atom stereocenters. The van der Waals surface area contributed by atoms with Crippen molar-refractivity contribution in [3.05, 3.63) is 65.2 Å². The molecule has 0 aliphatic heterocycles. The molecule has 6 nitrogen and oxygen atoms in total. The van der Waals surface area contributed by atoms with Crippen LogP contribution in [0.1, 0.15) is 25.0 Å². The maximum absolute atomic E-state index is 14.3. The molecule has 158 valence electrons. The van der Waals surface area contributed by atoms with Gasteiger partial charge in [0.05, 0.1) is 10.8 Å². The van der Waals surface area contributed by atoms with Crippen molar-refractivity contribution < 1.29 is 36.0 Å². The summed E-state index contributed by atoms with van der Waals surface area (Å²) in [7, 11) is -4.29. The van der Waals surface area contributed by atoms with Crippen molar-refractivity contribution in [3.8, 4) is 0 Å². The van der Waals surface area contributed by atoms with E-state index in [2.05, 4.69) is 0 Å². The van der Waals surface area contributed by atoms with Gasteiger partial charge in [-0.3, -0.25) is 8.98 Å². The largest absolute Gasteiger partial charge is 0.462 e. The minimum absolute atomic E-state index is 0.163. The Morgan fingerprint density at radius 3 is 2.28 bits per heavy atom. The number of hydrogen-bond acceptors (Lipinski definition) is 6. The molecule has 1 unspecified atom stereocenters. The summed E-state index contributed by atoms with van der Waals surface area (Å²) in [5.41, 5.74) is -2.00. The Kier molecular flexibility index (Phi) is 7.10. The number of benzene rings is 2. The fourth-order valence-electron chi connectivity index (χ4n) is 2.37. The standard InChI is InChI=1S/C20H22F2O6S/c1-13(2)19(23)27-11-20(24,17-9-6-15(21)10-18(17)22)12-28-29(25,26)16-7-4-14(3)5-8-16/h4-10,13,24H,11-12H2,1-3H3. The Labute approximate surface area is 168 Å². The van der Waals surface area contributed by atoms with Crippen LogP contribution in [0.15, 0.2) is 47.4 Å². The van der Waals surface area contributed by atoms with Gasteiger partial charge in [-0.1, -0.05) is 37.6 Å². The summed E-state index contributed by atoms with van der Waals surface area (Å²) < 4.78 is 62.2. The van der Waals surface area contributed by atoms with E-state index in [4.69, 9.17) is 8.92 Å². The molecule has 0 saturated heterocycles. The van der Waals surface area contributed by atoms with E-state index in [0.29, 0.717) is 6.07 Å². The van der Waals surface area contributed by atoms with E-state index in [9.17, 15) is 27.1 Å².